The topological polar surface area (TPSA) is 67.1 Å². The molecule has 0 saturated carbocycles. The van der Waals surface area contributed by atoms with Gasteiger partial charge in [0.2, 0.25) is 0 Å². The zero-order chi connectivity index (χ0) is 22.1. The Morgan fingerprint density at radius 2 is 1.65 bits per heavy atom. The summed E-state index contributed by atoms with van der Waals surface area (Å²) in [6.07, 6.45) is 2.12. The molecule has 1 saturated heterocycles. The number of amides is 2. The third-order valence-corrected chi connectivity index (χ3v) is 6.14. The fourth-order valence-electron chi connectivity index (χ4n) is 4.12. The summed E-state index contributed by atoms with van der Waals surface area (Å²) in [4.78, 5) is 27.6. The number of carbonyl (C=O) groups excluding carboxylic acids is 2. The van der Waals surface area contributed by atoms with E-state index in [4.69, 9.17) is 0 Å². The van der Waals surface area contributed by atoms with E-state index in [-0.39, 0.29) is 17.9 Å². The summed E-state index contributed by atoms with van der Waals surface area (Å²) in [7, 11) is 0. The lowest BCUT2D eigenvalue weighted by molar-refractivity contribution is -1.01. The van der Waals surface area contributed by atoms with Crippen LogP contribution in [0.4, 0.5) is 5.69 Å². The predicted octanol–water partition coefficient (Wildman–Crippen LogP) is 0.380. The lowest BCUT2D eigenvalue weighted by Crippen LogP contribution is -3.30. The van der Waals surface area contributed by atoms with E-state index in [0.717, 1.165) is 62.4 Å². The van der Waals surface area contributed by atoms with Crippen molar-refractivity contribution in [2.45, 2.75) is 32.7 Å². The highest BCUT2D eigenvalue weighted by atomic mass is 16.2. The maximum absolute atomic E-state index is 13.0. The van der Waals surface area contributed by atoms with Gasteiger partial charge in [0.15, 0.2) is 12.6 Å². The van der Waals surface area contributed by atoms with Crippen molar-refractivity contribution < 1.29 is 19.4 Å². The summed E-state index contributed by atoms with van der Waals surface area (Å²) < 4.78 is 0. The van der Waals surface area contributed by atoms with Gasteiger partial charge in [-0.25, -0.2) is 0 Å². The molecule has 2 aromatic rings. The van der Waals surface area contributed by atoms with E-state index in [1.807, 2.05) is 49.4 Å². The van der Waals surface area contributed by atoms with Gasteiger partial charge in [-0.3, -0.25) is 9.59 Å². The minimum absolute atomic E-state index is 0.0409. The van der Waals surface area contributed by atoms with Crippen LogP contribution in [0.3, 0.4) is 0 Å². The maximum Gasteiger partial charge on any atom is 0.282 e. The second-order valence-electron chi connectivity index (χ2n) is 8.41. The summed E-state index contributed by atoms with van der Waals surface area (Å²) in [5, 5.41) is 6.15. The van der Waals surface area contributed by atoms with Crippen LogP contribution in [0, 0.1) is 0 Å². The molecule has 0 aliphatic carbocycles. The van der Waals surface area contributed by atoms with Crippen LogP contribution < -0.4 is 20.4 Å². The standard InChI is InChI=1S/C25H34N4O2/c1-3-4-14-26-24(30)19-28-15-17-29(18-16-28)20(2)25(31)27-23-13-9-8-12-22(23)21-10-6-5-7-11-21/h5-13,20H,3-4,14-19H2,1-2H3,(H,26,30)(H,27,31)/p+2/t20-/m0/s1. The normalized spacial score (nSPS) is 19.4. The summed E-state index contributed by atoms with van der Waals surface area (Å²) in [6, 6.07) is 17.9. The molecule has 1 heterocycles. The first-order valence-corrected chi connectivity index (χ1v) is 11.5. The first kappa shape index (κ1) is 23.0. The van der Waals surface area contributed by atoms with Crippen molar-refractivity contribution in [3.63, 3.8) is 0 Å². The van der Waals surface area contributed by atoms with Crippen molar-refractivity contribution in [2.75, 3.05) is 44.6 Å². The van der Waals surface area contributed by atoms with Crippen LogP contribution in [0.5, 0.6) is 0 Å². The number of anilines is 1. The molecule has 31 heavy (non-hydrogen) atoms. The first-order valence-electron chi connectivity index (χ1n) is 11.5. The zero-order valence-corrected chi connectivity index (χ0v) is 18.7. The monoisotopic (exact) mass is 424 g/mol. The van der Waals surface area contributed by atoms with Gasteiger partial charge in [-0.2, -0.15) is 0 Å². The van der Waals surface area contributed by atoms with E-state index in [1.165, 1.54) is 9.80 Å². The minimum atomic E-state index is -0.135. The molecule has 0 unspecified atom stereocenters. The van der Waals surface area contributed by atoms with Gasteiger partial charge >= 0.3 is 0 Å². The van der Waals surface area contributed by atoms with Gasteiger partial charge < -0.3 is 20.4 Å². The number of quaternary nitrogens is 2. The van der Waals surface area contributed by atoms with Gasteiger partial charge in [0, 0.05) is 17.8 Å². The summed E-state index contributed by atoms with van der Waals surface area (Å²) in [5.74, 6) is 0.175. The molecule has 1 aliphatic heterocycles. The third-order valence-electron chi connectivity index (χ3n) is 6.14. The molecule has 6 nitrogen and oxygen atoms in total. The predicted molar refractivity (Wildman–Crippen MR) is 124 cm³/mol. The first-order chi connectivity index (χ1) is 15.1. The van der Waals surface area contributed by atoms with Crippen LogP contribution >= 0.6 is 0 Å². The fraction of sp³-hybridized carbons (Fsp3) is 0.440. The Bertz CT molecular complexity index is 848. The Morgan fingerprint density at radius 3 is 2.35 bits per heavy atom. The van der Waals surface area contributed by atoms with Gasteiger partial charge in [-0.1, -0.05) is 61.9 Å². The molecule has 1 fully saturated rings. The van der Waals surface area contributed by atoms with E-state index in [0.29, 0.717) is 6.54 Å². The van der Waals surface area contributed by atoms with Crippen molar-refractivity contribution >= 4 is 17.5 Å². The lowest BCUT2D eigenvalue weighted by Gasteiger charge is -2.32. The molecule has 2 aromatic carbocycles. The molecule has 0 radical (unpaired) electrons. The molecule has 4 N–H and O–H groups in total. The van der Waals surface area contributed by atoms with Crippen LogP contribution in [-0.4, -0.2) is 57.1 Å². The molecule has 0 bridgehead atoms. The molecule has 166 valence electrons. The van der Waals surface area contributed by atoms with E-state index in [9.17, 15) is 9.59 Å². The SMILES string of the molecule is CCCCNC(=O)C[NH+]1CC[NH+]([C@@H](C)C(=O)Nc2ccccc2-c2ccccc2)CC1. The average molecular weight is 425 g/mol. The molecule has 1 atom stereocenters. The van der Waals surface area contributed by atoms with E-state index < -0.39 is 0 Å². The van der Waals surface area contributed by atoms with Gasteiger partial charge in [0.25, 0.3) is 11.8 Å². The quantitative estimate of drug-likeness (QED) is 0.440. The van der Waals surface area contributed by atoms with Gasteiger partial charge in [-0.05, 0) is 25.0 Å². The Hall–Kier alpha value is -2.70. The number of nitrogens with one attached hydrogen (secondary N) is 4. The Kier molecular flexibility index (Phi) is 8.62. The van der Waals surface area contributed by atoms with Crippen molar-refractivity contribution in [3.05, 3.63) is 54.6 Å². The van der Waals surface area contributed by atoms with Crippen molar-refractivity contribution in [1.82, 2.24) is 5.32 Å². The largest absolute Gasteiger partial charge is 0.351 e. The Morgan fingerprint density at radius 1 is 0.968 bits per heavy atom. The van der Waals surface area contributed by atoms with E-state index in [1.54, 1.807) is 0 Å². The molecular formula is C25H36N4O2+2. The summed E-state index contributed by atoms with van der Waals surface area (Å²) in [5.41, 5.74) is 2.97. The number of benzene rings is 2. The highest BCUT2D eigenvalue weighted by Gasteiger charge is 2.32. The lowest BCUT2D eigenvalue weighted by atomic mass is 10.0. The number of piperazine rings is 1. The molecule has 0 aromatic heterocycles. The van der Waals surface area contributed by atoms with Crippen molar-refractivity contribution in [1.29, 1.82) is 0 Å². The highest BCUT2D eigenvalue weighted by Crippen LogP contribution is 2.27. The van der Waals surface area contributed by atoms with Gasteiger partial charge in [-0.15, -0.1) is 0 Å². The highest BCUT2D eigenvalue weighted by molar-refractivity contribution is 5.97. The third kappa shape index (κ3) is 6.64. The molecule has 6 heteroatoms. The second-order valence-corrected chi connectivity index (χ2v) is 8.41. The molecule has 1 aliphatic rings. The fourth-order valence-corrected chi connectivity index (χ4v) is 4.12. The van der Waals surface area contributed by atoms with Crippen LogP contribution in [0.2, 0.25) is 0 Å². The number of unbranched alkanes of at least 4 members (excludes halogenated alkanes) is 1. The smallest absolute Gasteiger partial charge is 0.282 e. The van der Waals surface area contributed by atoms with Crippen LogP contribution in [0.1, 0.15) is 26.7 Å². The second kappa shape index (κ2) is 11.6. The maximum atomic E-state index is 13.0. The number of hydrogen-bond donors (Lipinski definition) is 4. The van der Waals surface area contributed by atoms with Crippen molar-refractivity contribution in [3.8, 4) is 11.1 Å². The summed E-state index contributed by atoms with van der Waals surface area (Å²) >= 11 is 0. The van der Waals surface area contributed by atoms with Gasteiger partial charge in [0.05, 0.1) is 0 Å². The number of hydrogen-bond acceptors (Lipinski definition) is 2. The van der Waals surface area contributed by atoms with Crippen molar-refractivity contribution in [2.24, 2.45) is 0 Å². The number of rotatable bonds is 9. The minimum Gasteiger partial charge on any atom is -0.351 e. The Labute approximate surface area is 185 Å². The van der Waals surface area contributed by atoms with E-state index in [2.05, 4.69) is 29.7 Å². The summed E-state index contributed by atoms with van der Waals surface area (Å²) in [6.45, 7) is 9.03. The van der Waals surface area contributed by atoms with Gasteiger partial charge in [0.1, 0.15) is 26.2 Å². The number of para-hydroxylation sites is 1. The Balaban J connectivity index is 1.51. The van der Waals surface area contributed by atoms with Crippen LogP contribution in [0.15, 0.2) is 54.6 Å². The molecular weight excluding hydrogens is 388 g/mol. The van der Waals surface area contributed by atoms with Crippen LogP contribution in [-0.2, 0) is 9.59 Å². The van der Waals surface area contributed by atoms with Crippen LogP contribution in [0.25, 0.3) is 11.1 Å². The molecule has 3 rings (SSSR count). The molecule has 2 amide bonds. The zero-order valence-electron chi connectivity index (χ0n) is 18.7. The molecule has 0 spiro atoms. The van der Waals surface area contributed by atoms with E-state index >= 15 is 0 Å². The average Bonchev–Trinajstić information content (AvgIpc) is 2.80. The number of carbonyl (C=O) groups is 2.